The highest BCUT2D eigenvalue weighted by atomic mass is 32.2. The zero-order valence-electron chi connectivity index (χ0n) is 22.8. The third kappa shape index (κ3) is 8.38. The van der Waals surface area contributed by atoms with Crippen LogP contribution in [0.4, 0.5) is 5.69 Å². The molecule has 0 saturated heterocycles. The Kier molecular flexibility index (Phi) is 10.8. The van der Waals surface area contributed by atoms with Gasteiger partial charge in [0.05, 0.1) is 26.2 Å². The van der Waals surface area contributed by atoms with Crippen LogP contribution in [0.2, 0.25) is 0 Å². The smallest absolute Gasteiger partial charge is 0.244 e. The number of ether oxygens (including phenoxy) is 2. The van der Waals surface area contributed by atoms with E-state index in [2.05, 4.69) is 5.32 Å². The number of anilines is 1. The molecular formula is C27H39N3O6S. The van der Waals surface area contributed by atoms with Gasteiger partial charge < -0.3 is 19.7 Å². The first kappa shape index (κ1) is 30.0. The number of rotatable bonds is 13. The van der Waals surface area contributed by atoms with Gasteiger partial charge >= 0.3 is 0 Å². The number of hydrogen-bond acceptors (Lipinski definition) is 6. The van der Waals surface area contributed by atoms with Gasteiger partial charge in [-0.1, -0.05) is 50.6 Å². The lowest BCUT2D eigenvalue weighted by Crippen LogP contribution is -2.52. The van der Waals surface area contributed by atoms with E-state index in [0.29, 0.717) is 24.5 Å². The third-order valence-electron chi connectivity index (χ3n) is 5.84. The molecule has 0 aliphatic heterocycles. The molecule has 2 amide bonds. The fourth-order valence-electron chi connectivity index (χ4n) is 3.94. The van der Waals surface area contributed by atoms with Crippen molar-refractivity contribution in [3.63, 3.8) is 0 Å². The first-order valence-electron chi connectivity index (χ1n) is 12.2. The number of sulfonamides is 1. The van der Waals surface area contributed by atoms with Gasteiger partial charge in [-0.2, -0.15) is 0 Å². The van der Waals surface area contributed by atoms with Gasteiger partial charge in [0.15, 0.2) is 11.5 Å². The molecule has 0 aliphatic rings. The Labute approximate surface area is 220 Å². The molecule has 1 N–H and O–H groups in total. The van der Waals surface area contributed by atoms with E-state index >= 15 is 0 Å². The van der Waals surface area contributed by atoms with E-state index in [1.54, 1.807) is 12.1 Å². The first-order chi connectivity index (χ1) is 17.4. The quantitative estimate of drug-likeness (QED) is 0.423. The number of nitrogens with one attached hydrogen (secondary N) is 1. The van der Waals surface area contributed by atoms with Crippen LogP contribution in [0.3, 0.4) is 0 Å². The Morgan fingerprint density at radius 2 is 1.70 bits per heavy atom. The summed E-state index contributed by atoms with van der Waals surface area (Å²) in [6, 6.07) is 11.5. The van der Waals surface area contributed by atoms with Crippen LogP contribution in [-0.2, 0) is 26.2 Å². The minimum absolute atomic E-state index is 0.164. The molecule has 0 aliphatic carbocycles. The second-order valence-corrected chi connectivity index (χ2v) is 11.3. The van der Waals surface area contributed by atoms with Crippen molar-refractivity contribution in [2.45, 2.75) is 46.7 Å². The van der Waals surface area contributed by atoms with Crippen molar-refractivity contribution in [2.24, 2.45) is 5.92 Å². The molecule has 0 bridgehead atoms. The molecule has 0 saturated carbocycles. The average Bonchev–Trinajstić information content (AvgIpc) is 2.84. The van der Waals surface area contributed by atoms with Crippen molar-refractivity contribution in [1.29, 1.82) is 0 Å². The van der Waals surface area contributed by atoms with Crippen molar-refractivity contribution < 1.29 is 27.5 Å². The summed E-state index contributed by atoms with van der Waals surface area (Å²) in [5.41, 5.74) is 2.12. The van der Waals surface area contributed by atoms with Gasteiger partial charge in [0.25, 0.3) is 0 Å². The van der Waals surface area contributed by atoms with Crippen molar-refractivity contribution in [3.05, 3.63) is 53.6 Å². The summed E-state index contributed by atoms with van der Waals surface area (Å²) in [6.07, 6.45) is 1.41. The maximum absolute atomic E-state index is 13.8. The molecule has 1 atom stereocenters. The van der Waals surface area contributed by atoms with Crippen molar-refractivity contribution in [1.82, 2.24) is 10.2 Å². The summed E-state index contributed by atoms with van der Waals surface area (Å²) in [4.78, 5) is 28.4. The van der Waals surface area contributed by atoms with Gasteiger partial charge in [-0.3, -0.25) is 13.9 Å². The number of carbonyl (C=O) groups is 2. The largest absolute Gasteiger partial charge is 0.493 e. The van der Waals surface area contributed by atoms with Crippen LogP contribution in [0.15, 0.2) is 42.5 Å². The van der Waals surface area contributed by atoms with Crippen LogP contribution in [0.25, 0.3) is 0 Å². The fourth-order valence-corrected chi connectivity index (χ4v) is 4.78. The van der Waals surface area contributed by atoms with E-state index in [-0.39, 0.29) is 24.1 Å². The summed E-state index contributed by atoms with van der Waals surface area (Å²) in [6.45, 7) is 7.92. The Morgan fingerprint density at radius 3 is 2.24 bits per heavy atom. The maximum Gasteiger partial charge on any atom is 0.244 e. The molecule has 0 heterocycles. The van der Waals surface area contributed by atoms with E-state index in [4.69, 9.17) is 9.47 Å². The second-order valence-electron chi connectivity index (χ2n) is 9.38. The highest BCUT2D eigenvalue weighted by molar-refractivity contribution is 7.92. The highest BCUT2D eigenvalue weighted by Crippen LogP contribution is 2.32. The summed E-state index contributed by atoms with van der Waals surface area (Å²) in [7, 11) is -0.929. The minimum Gasteiger partial charge on any atom is -0.493 e. The number of amides is 2. The van der Waals surface area contributed by atoms with Crippen LogP contribution in [0, 0.1) is 12.8 Å². The number of benzene rings is 2. The molecule has 0 aromatic heterocycles. The van der Waals surface area contributed by atoms with Gasteiger partial charge in [0.1, 0.15) is 12.6 Å². The van der Waals surface area contributed by atoms with Gasteiger partial charge in [0.2, 0.25) is 21.8 Å². The van der Waals surface area contributed by atoms with Crippen LogP contribution in [0.5, 0.6) is 11.5 Å². The number of hydrogen-bond donors (Lipinski definition) is 1. The van der Waals surface area contributed by atoms with Crippen LogP contribution < -0.4 is 19.1 Å². The predicted molar refractivity (Wildman–Crippen MR) is 145 cm³/mol. The van der Waals surface area contributed by atoms with Crippen molar-refractivity contribution in [3.8, 4) is 11.5 Å². The average molecular weight is 534 g/mol. The van der Waals surface area contributed by atoms with E-state index < -0.39 is 28.5 Å². The van der Waals surface area contributed by atoms with Gasteiger partial charge in [-0.25, -0.2) is 8.42 Å². The zero-order valence-corrected chi connectivity index (χ0v) is 23.6. The lowest BCUT2D eigenvalue weighted by atomic mass is 10.1. The molecule has 204 valence electrons. The molecule has 0 fully saturated rings. The standard InChI is InChI=1S/C27H39N3O6S/c1-8-23(27(32)28-16-19(2)3)29(17-21-11-9-10-20(4)14-21)26(31)18-30(37(7,33)34)22-12-13-24(35-5)25(15-22)36-6/h9-15,19,23H,8,16-18H2,1-7H3,(H,28,32). The Balaban J connectivity index is 2.47. The molecular weight excluding hydrogens is 494 g/mol. The SMILES string of the molecule is CCC(C(=O)NCC(C)C)N(Cc1cccc(C)c1)C(=O)CN(c1ccc(OC)c(OC)c1)S(C)(=O)=O. The van der Waals surface area contributed by atoms with Gasteiger partial charge in [-0.05, 0) is 37.0 Å². The molecule has 2 aromatic carbocycles. The summed E-state index contributed by atoms with van der Waals surface area (Å²) < 4.78 is 37.2. The second kappa shape index (κ2) is 13.3. The summed E-state index contributed by atoms with van der Waals surface area (Å²) >= 11 is 0. The topological polar surface area (TPSA) is 105 Å². The number of carbonyl (C=O) groups excluding carboxylic acids is 2. The van der Waals surface area contributed by atoms with Crippen molar-refractivity contribution >= 4 is 27.5 Å². The minimum atomic E-state index is -3.86. The molecule has 2 rings (SSSR count). The Hall–Kier alpha value is -3.27. The number of nitrogens with zero attached hydrogens (tertiary/aromatic N) is 2. The van der Waals surface area contributed by atoms with E-state index in [9.17, 15) is 18.0 Å². The maximum atomic E-state index is 13.8. The monoisotopic (exact) mass is 533 g/mol. The van der Waals surface area contributed by atoms with Crippen molar-refractivity contribution in [2.75, 3.05) is 37.9 Å². The number of methoxy groups -OCH3 is 2. The van der Waals surface area contributed by atoms with E-state index in [0.717, 1.165) is 21.7 Å². The molecule has 37 heavy (non-hydrogen) atoms. The fraction of sp³-hybridized carbons (Fsp3) is 0.481. The first-order valence-corrected chi connectivity index (χ1v) is 14.1. The highest BCUT2D eigenvalue weighted by Gasteiger charge is 2.32. The Bertz CT molecular complexity index is 1180. The zero-order chi connectivity index (χ0) is 27.8. The summed E-state index contributed by atoms with van der Waals surface area (Å²) in [5, 5.41) is 2.91. The molecule has 2 aromatic rings. The van der Waals surface area contributed by atoms with Crippen LogP contribution in [0.1, 0.15) is 38.3 Å². The van der Waals surface area contributed by atoms with E-state index in [1.807, 2.05) is 52.0 Å². The lowest BCUT2D eigenvalue weighted by Gasteiger charge is -2.33. The summed E-state index contributed by atoms with van der Waals surface area (Å²) in [5.74, 6) is 0.243. The third-order valence-corrected chi connectivity index (χ3v) is 6.98. The van der Waals surface area contributed by atoms with E-state index in [1.165, 1.54) is 25.2 Å². The lowest BCUT2D eigenvalue weighted by molar-refractivity contribution is -0.140. The molecule has 0 radical (unpaired) electrons. The predicted octanol–water partition coefficient (Wildman–Crippen LogP) is 3.36. The molecule has 0 spiro atoms. The molecule has 10 heteroatoms. The van der Waals surface area contributed by atoms with Crippen LogP contribution >= 0.6 is 0 Å². The normalized spacial score (nSPS) is 12.1. The molecule has 9 nitrogen and oxygen atoms in total. The molecule has 1 unspecified atom stereocenters. The Morgan fingerprint density at radius 1 is 1.03 bits per heavy atom. The van der Waals surface area contributed by atoms with Gasteiger partial charge in [-0.15, -0.1) is 0 Å². The van der Waals surface area contributed by atoms with Gasteiger partial charge in [0, 0.05) is 19.2 Å². The number of aryl methyl sites for hydroxylation is 1. The van der Waals surface area contributed by atoms with Crippen LogP contribution in [-0.4, -0.2) is 64.7 Å².